The van der Waals surface area contributed by atoms with E-state index in [1.54, 1.807) is 0 Å². The van der Waals surface area contributed by atoms with Crippen LogP contribution in [0.4, 0.5) is 5.82 Å². The molecule has 1 aromatic heterocycles. The molecule has 3 rings (SSSR count). The molecule has 2 aliphatic rings. The molecule has 1 fully saturated rings. The van der Waals surface area contributed by atoms with Gasteiger partial charge in [0.25, 0.3) is 0 Å². The summed E-state index contributed by atoms with van der Waals surface area (Å²) >= 11 is 0. The third-order valence-electron chi connectivity index (χ3n) is 4.56. The van der Waals surface area contributed by atoms with Crippen molar-refractivity contribution in [2.45, 2.75) is 63.5 Å². The van der Waals surface area contributed by atoms with Gasteiger partial charge in [-0.3, -0.25) is 0 Å². The summed E-state index contributed by atoms with van der Waals surface area (Å²) < 4.78 is 0. The summed E-state index contributed by atoms with van der Waals surface area (Å²) in [7, 11) is 0. The smallest absolute Gasteiger partial charge is 0.144 e. The van der Waals surface area contributed by atoms with E-state index < -0.39 is 0 Å². The van der Waals surface area contributed by atoms with Gasteiger partial charge in [0, 0.05) is 17.8 Å². The molecule has 0 saturated heterocycles. The van der Waals surface area contributed by atoms with Crippen molar-refractivity contribution in [3.05, 3.63) is 22.9 Å². The second kappa shape index (κ2) is 5.80. The van der Waals surface area contributed by atoms with Crippen LogP contribution in [0.2, 0.25) is 0 Å². The van der Waals surface area contributed by atoms with Gasteiger partial charge >= 0.3 is 0 Å². The SMILES string of the molecule is N#Cc1cc2c(nc1N[C@@H]1CCCC[C@H]1N)CCCC2. The standard InChI is InChI=1S/C16H22N4/c17-10-12-9-11-5-1-3-7-14(11)19-16(12)20-15-8-4-2-6-13(15)18/h9,13,15H,1-8,18H2,(H,19,20)/t13-,15-/m1/s1. The largest absolute Gasteiger partial charge is 0.365 e. The summed E-state index contributed by atoms with van der Waals surface area (Å²) in [5.74, 6) is 0.746. The third kappa shape index (κ3) is 2.64. The lowest BCUT2D eigenvalue weighted by molar-refractivity contribution is 0.403. The number of aryl methyl sites for hydroxylation is 2. The molecule has 3 N–H and O–H groups in total. The van der Waals surface area contributed by atoms with E-state index in [1.807, 2.05) is 6.07 Å². The van der Waals surface area contributed by atoms with Crippen molar-refractivity contribution in [1.82, 2.24) is 4.98 Å². The Morgan fingerprint density at radius 3 is 2.80 bits per heavy atom. The van der Waals surface area contributed by atoms with Gasteiger partial charge in [0.1, 0.15) is 11.9 Å². The average molecular weight is 270 g/mol. The number of nitriles is 1. The molecular weight excluding hydrogens is 248 g/mol. The first-order valence-electron chi connectivity index (χ1n) is 7.73. The van der Waals surface area contributed by atoms with Crippen LogP contribution in [0, 0.1) is 11.3 Å². The van der Waals surface area contributed by atoms with Crippen molar-refractivity contribution in [1.29, 1.82) is 5.26 Å². The number of fused-ring (bicyclic) bond motifs is 1. The van der Waals surface area contributed by atoms with E-state index in [-0.39, 0.29) is 12.1 Å². The predicted molar refractivity (Wildman–Crippen MR) is 79.4 cm³/mol. The summed E-state index contributed by atoms with van der Waals surface area (Å²) in [6, 6.07) is 4.74. The maximum Gasteiger partial charge on any atom is 0.144 e. The number of nitrogens with zero attached hydrogens (tertiary/aromatic N) is 2. The summed E-state index contributed by atoms with van der Waals surface area (Å²) in [5.41, 5.74) is 9.28. The summed E-state index contributed by atoms with van der Waals surface area (Å²) in [6.45, 7) is 0. The third-order valence-corrected chi connectivity index (χ3v) is 4.56. The molecule has 2 atom stereocenters. The second-order valence-corrected chi connectivity index (χ2v) is 6.01. The van der Waals surface area contributed by atoms with Gasteiger partial charge in [0.15, 0.2) is 0 Å². The van der Waals surface area contributed by atoms with Crippen LogP contribution in [0.15, 0.2) is 6.07 Å². The van der Waals surface area contributed by atoms with Gasteiger partial charge < -0.3 is 11.1 Å². The molecular formula is C16H22N4. The van der Waals surface area contributed by atoms with E-state index in [1.165, 1.54) is 36.9 Å². The number of nitrogens with two attached hydrogens (primary N) is 1. The van der Waals surface area contributed by atoms with E-state index in [0.717, 1.165) is 31.5 Å². The first-order chi connectivity index (χ1) is 9.78. The molecule has 0 amide bonds. The van der Waals surface area contributed by atoms with Gasteiger partial charge in [-0.2, -0.15) is 5.26 Å². The van der Waals surface area contributed by atoms with Crippen LogP contribution in [0.5, 0.6) is 0 Å². The maximum atomic E-state index is 9.35. The van der Waals surface area contributed by atoms with Gasteiger partial charge in [-0.25, -0.2) is 4.98 Å². The number of hydrogen-bond donors (Lipinski definition) is 2. The molecule has 1 saturated carbocycles. The van der Waals surface area contributed by atoms with Crippen molar-refractivity contribution in [3.8, 4) is 6.07 Å². The Balaban J connectivity index is 1.86. The van der Waals surface area contributed by atoms with Crippen molar-refractivity contribution in [3.63, 3.8) is 0 Å². The summed E-state index contributed by atoms with van der Waals surface area (Å²) in [5, 5.41) is 12.8. The molecule has 4 heteroatoms. The van der Waals surface area contributed by atoms with Gasteiger partial charge in [0.2, 0.25) is 0 Å². The molecule has 0 radical (unpaired) electrons. The molecule has 0 unspecified atom stereocenters. The lowest BCUT2D eigenvalue weighted by Crippen LogP contribution is -2.43. The normalized spacial score (nSPS) is 25.6. The second-order valence-electron chi connectivity index (χ2n) is 6.01. The van der Waals surface area contributed by atoms with Crippen molar-refractivity contribution >= 4 is 5.82 Å². The zero-order chi connectivity index (χ0) is 13.9. The monoisotopic (exact) mass is 270 g/mol. The first-order valence-corrected chi connectivity index (χ1v) is 7.73. The highest BCUT2D eigenvalue weighted by atomic mass is 15.0. The maximum absolute atomic E-state index is 9.35. The minimum atomic E-state index is 0.174. The molecule has 0 aliphatic heterocycles. The molecule has 20 heavy (non-hydrogen) atoms. The number of aromatic nitrogens is 1. The molecule has 0 bridgehead atoms. The van der Waals surface area contributed by atoms with Crippen molar-refractivity contribution in [2.24, 2.45) is 5.73 Å². The fourth-order valence-electron chi connectivity index (χ4n) is 3.34. The van der Waals surface area contributed by atoms with Crippen LogP contribution in [0.3, 0.4) is 0 Å². The molecule has 4 nitrogen and oxygen atoms in total. The Kier molecular flexibility index (Phi) is 3.88. The van der Waals surface area contributed by atoms with E-state index in [2.05, 4.69) is 11.4 Å². The summed E-state index contributed by atoms with van der Waals surface area (Å²) in [4.78, 5) is 4.72. The Morgan fingerprint density at radius 2 is 2.00 bits per heavy atom. The number of anilines is 1. The van der Waals surface area contributed by atoms with Crippen LogP contribution in [-0.2, 0) is 12.8 Å². The number of hydrogen-bond acceptors (Lipinski definition) is 4. The average Bonchev–Trinajstić information content (AvgIpc) is 2.49. The number of rotatable bonds is 2. The topological polar surface area (TPSA) is 74.7 Å². The van der Waals surface area contributed by atoms with Crippen LogP contribution in [0.1, 0.15) is 55.3 Å². The van der Waals surface area contributed by atoms with Gasteiger partial charge in [-0.1, -0.05) is 12.8 Å². The van der Waals surface area contributed by atoms with Crippen LogP contribution >= 0.6 is 0 Å². The van der Waals surface area contributed by atoms with Gasteiger partial charge in [-0.15, -0.1) is 0 Å². The predicted octanol–water partition coefficient (Wildman–Crippen LogP) is 2.51. The van der Waals surface area contributed by atoms with Gasteiger partial charge in [0.05, 0.1) is 5.56 Å². The zero-order valence-electron chi connectivity index (χ0n) is 11.9. The van der Waals surface area contributed by atoms with Crippen LogP contribution in [0.25, 0.3) is 0 Å². The Labute approximate surface area is 120 Å². The number of pyridine rings is 1. The highest BCUT2D eigenvalue weighted by Crippen LogP contribution is 2.26. The molecule has 2 aliphatic carbocycles. The lowest BCUT2D eigenvalue weighted by atomic mass is 9.90. The van der Waals surface area contributed by atoms with Gasteiger partial charge in [-0.05, 0) is 50.2 Å². The minimum Gasteiger partial charge on any atom is -0.365 e. The highest BCUT2D eigenvalue weighted by molar-refractivity contribution is 5.55. The number of nitrogens with one attached hydrogen (secondary N) is 1. The van der Waals surface area contributed by atoms with E-state index in [9.17, 15) is 5.26 Å². The fourth-order valence-corrected chi connectivity index (χ4v) is 3.34. The molecule has 1 aromatic rings. The first kappa shape index (κ1) is 13.4. The molecule has 1 heterocycles. The molecule has 106 valence electrons. The van der Waals surface area contributed by atoms with Crippen LogP contribution in [-0.4, -0.2) is 17.1 Å². The molecule has 0 aromatic carbocycles. The zero-order valence-corrected chi connectivity index (χ0v) is 11.9. The van der Waals surface area contributed by atoms with E-state index in [4.69, 9.17) is 10.7 Å². The van der Waals surface area contributed by atoms with E-state index >= 15 is 0 Å². The fraction of sp³-hybridized carbons (Fsp3) is 0.625. The quantitative estimate of drug-likeness (QED) is 0.866. The highest BCUT2D eigenvalue weighted by Gasteiger charge is 2.24. The lowest BCUT2D eigenvalue weighted by Gasteiger charge is -2.30. The molecule has 0 spiro atoms. The Bertz CT molecular complexity index is 532. The minimum absolute atomic E-state index is 0.174. The Morgan fingerprint density at radius 1 is 1.20 bits per heavy atom. The van der Waals surface area contributed by atoms with Crippen LogP contribution < -0.4 is 11.1 Å². The Hall–Kier alpha value is -1.60. The summed E-state index contributed by atoms with van der Waals surface area (Å²) in [6.07, 6.45) is 9.05. The van der Waals surface area contributed by atoms with Crippen molar-refractivity contribution < 1.29 is 0 Å². The van der Waals surface area contributed by atoms with E-state index in [0.29, 0.717) is 5.56 Å². The van der Waals surface area contributed by atoms with Crippen molar-refractivity contribution in [2.75, 3.05) is 5.32 Å².